The van der Waals surface area contributed by atoms with Crippen LogP contribution < -0.4 is 4.90 Å². The van der Waals surface area contributed by atoms with Gasteiger partial charge < -0.3 is 19.4 Å². The third-order valence-corrected chi connectivity index (χ3v) is 7.55. The Bertz CT molecular complexity index is 1300. The van der Waals surface area contributed by atoms with Gasteiger partial charge in [-0.15, -0.1) is 0 Å². The van der Waals surface area contributed by atoms with E-state index in [4.69, 9.17) is 16.3 Å². The molecule has 2 aliphatic heterocycles. The molecule has 0 saturated carbocycles. The van der Waals surface area contributed by atoms with E-state index in [-0.39, 0.29) is 17.9 Å². The maximum Gasteiger partial charge on any atom is 0.410 e. The average molecular weight is 550 g/mol. The quantitative estimate of drug-likeness (QED) is 0.423. The Kier molecular flexibility index (Phi) is 7.84. The molecule has 8 nitrogen and oxygen atoms in total. The van der Waals surface area contributed by atoms with Crippen molar-refractivity contribution in [2.45, 2.75) is 45.1 Å². The summed E-state index contributed by atoms with van der Waals surface area (Å²) in [5, 5.41) is 5.29. The van der Waals surface area contributed by atoms with E-state index in [1.165, 1.54) is 5.69 Å². The lowest BCUT2D eigenvalue weighted by atomic mass is 9.90. The van der Waals surface area contributed by atoms with E-state index in [1.807, 2.05) is 72.8 Å². The fourth-order valence-electron chi connectivity index (χ4n) is 5.37. The number of anilines is 1. The number of para-hydroxylation sites is 1. The van der Waals surface area contributed by atoms with Crippen LogP contribution in [0.15, 0.2) is 60.8 Å². The molecule has 3 aromatic rings. The van der Waals surface area contributed by atoms with Gasteiger partial charge in [0.15, 0.2) is 0 Å². The molecule has 2 saturated heterocycles. The van der Waals surface area contributed by atoms with Crippen molar-refractivity contribution >= 4 is 29.3 Å². The highest BCUT2D eigenvalue weighted by atomic mass is 35.5. The van der Waals surface area contributed by atoms with Gasteiger partial charge in [-0.05, 0) is 63.9 Å². The SMILES string of the molecule is CC(C)(C)OC(=O)N1CCC(c2c(C(=O)N3CCN(c4ccccc4)CC3)cnn2-c2cccc(Cl)c2)CC1. The first kappa shape index (κ1) is 27.1. The van der Waals surface area contributed by atoms with Crippen molar-refractivity contribution in [2.75, 3.05) is 44.2 Å². The molecule has 2 aliphatic rings. The van der Waals surface area contributed by atoms with Crippen LogP contribution in [0.25, 0.3) is 5.69 Å². The first-order valence-corrected chi connectivity index (χ1v) is 14.0. The number of piperazine rings is 1. The Morgan fingerprint density at radius 1 is 0.872 bits per heavy atom. The topological polar surface area (TPSA) is 70.9 Å². The van der Waals surface area contributed by atoms with Crippen LogP contribution in [-0.2, 0) is 4.74 Å². The monoisotopic (exact) mass is 549 g/mol. The number of carbonyl (C=O) groups excluding carboxylic acids is 2. The number of carbonyl (C=O) groups is 2. The maximum absolute atomic E-state index is 13.9. The smallest absolute Gasteiger partial charge is 0.410 e. The van der Waals surface area contributed by atoms with Gasteiger partial charge in [0.05, 0.1) is 23.1 Å². The standard InChI is InChI=1S/C30H36ClN5O3/c1-30(2,3)39-29(38)35-14-12-22(13-15-35)27-26(21-32-36(27)25-11-7-8-23(31)20-25)28(37)34-18-16-33(17-19-34)24-9-5-4-6-10-24/h4-11,20-22H,12-19H2,1-3H3. The second-order valence-corrected chi connectivity index (χ2v) is 11.6. The highest BCUT2D eigenvalue weighted by molar-refractivity contribution is 6.30. The van der Waals surface area contributed by atoms with E-state index < -0.39 is 5.60 Å². The summed E-state index contributed by atoms with van der Waals surface area (Å²) in [6.07, 6.45) is 2.83. The summed E-state index contributed by atoms with van der Waals surface area (Å²) in [6.45, 7) is 9.59. The van der Waals surface area contributed by atoms with E-state index in [0.717, 1.165) is 24.5 Å². The van der Waals surface area contributed by atoms with Gasteiger partial charge >= 0.3 is 6.09 Å². The van der Waals surface area contributed by atoms with Crippen molar-refractivity contribution < 1.29 is 14.3 Å². The number of piperidine rings is 1. The Morgan fingerprint density at radius 3 is 2.18 bits per heavy atom. The van der Waals surface area contributed by atoms with Crippen molar-refractivity contribution in [2.24, 2.45) is 0 Å². The van der Waals surface area contributed by atoms with Crippen LogP contribution in [0.3, 0.4) is 0 Å². The lowest BCUT2D eigenvalue weighted by molar-refractivity contribution is 0.0203. The van der Waals surface area contributed by atoms with Crippen molar-refractivity contribution in [3.63, 3.8) is 0 Å². The van der Waals surface area contributed by atoms with E-state index in [1.54, 1.807) is 11.1 Å². The zero-order valence-corrected chi connectivity index (χ0v) is 23.6. The first-order chi connectivity index (χ1) is 18.7. The largest absolute Gasteiger partial charge is 0.444 e. The maximum atomic E-state index is 13.9. The fraction of sp³-hybridized carbons (Fsp3) is 0.433. The number of rotatable bonds is 4. The number of aromatic nitrogens is 2. The number of benzene rings is 2. The average Bonchev–Trinajstić information content (AvgIpc) is 3.38. The zero-order chi connectivity index (χ0) is 27.6. The van der Waals surface area contributed by atoms with E-state index in [2.05, 4.69) is 22.1 Å². The molecule has 9 heteroatoms. The van der Waals surface area contributed by atoms with Crippen LogP contribution >= 0.6 is 11.6 Å². The highest BCUT2D eigenvalue weighted by Crippen LogP contribution is 2.34. The lowest BCUT2D eigenvalue weighted by Gasteiger charge is -2.37. The van der Waals surface area contributed by atoms with E-state index in [9.17, 15) is 9.59 Å². The number of ether oxygens (including phenoxy) is 1. The summed E-state index contributed by atoms with van der Waals surface area (Å²) in [7, 11) is 0. The summed E-state index contributed by atoms with van der Waals surface area (Å²) in [5.41, 5.74) is 2.97. The minimum absolute atomic E-state index is 0.000520. The predicted octanol–water partition coefficient (Wildman–Crippen LogP) is 5.60. The number of hydrogen-bond acceptors (Lipinski definition) is 5. The van der Waals surface area contributed by atoms with Crippen molar-refractivity contribution in [1.82, 2.24) is 19.6 Å². The van der Waals surface area contributed by atoms with Gasteiger partial charge in [0.25, 0.3) is 5.91 Å². The molecule has 0 atom stereocenters. The number of amides is 2. The number of nitrogens with zero attached hydrogens (tertiary/aromatic N) is 5. The number of likely N-dealkylation sites (tertiary alicyclic amines) is 1. The van der Waals surface area contributed by atoms with Crippen LogP contribution in [0, 0.1) is 0 Å². The third kappa shape index (κ3) is 6.22. The predicted molar refractivity (Wildman–Crippen MR) is 153 cm³/mol. The molecule has 5 rings (SSSR count). The van der Waals surface area contributed by atoms with Crippen molar-refractivity contribution in [1.29, 1.82) is 0 Å². The summed E-state index contributed by atoms with van der Waals surface area (Å²) in [4.78, 5) is 32.5. The third-order valence-electron chi connectivity index (χ3n) is 7.31. The van der Waals surface area contributed by atoms with Gasteiger partial charge in [0, 0.05) is 55.9 Å². The summed E-state index contributed by atoms with van der Waals surface area (Å²) in [5.74, 6) is 0.0651. The second kappa shape index (κ2) is 11.3. The molecular formula is C30H36ClN5O3. The molecule has 0 N–H and O–H groups in total. The minimum atomic E-state index is -0.538. The number of halogens is 1. The molecule has 2 fully saturated rings. The first-order valence-electron chi connectivity index (χ1n) is 13.6. The van der Waals surface area contributed by atoms with Crippen LogP contribution in [0.1, 0.15) is 55.6 Å². The second-order valence-electron chi connectivity index (χ2n) is 11.2. The molecule has 0 aliphatic carbocycles. The molecule has 0 radical (unpaired) electrons. The molecule has 0 bridgehead atoms. The molecular weight excluding hydrogens is 514 g/mol. The Hall–Kier alpha value is -3.52. The van der Waals surface area contributed by atoms with Gasteiger partial charge in [0.1, 0.15) is 5.60 Å². The summed E-state index contributed by atoms with van der Waals surface area (Å²) in [6, 6.07) is 17.8. The van der Waals surface area contributed by atoms with Gasteiger partial charge in [-0.2, -0.15) is 5.10 Å². The van der Waals surface area contributed by atoms with Crippen LogP contribution in [0.5, 0.6) is 0 Å². The zero-order valence-electron chi connectivity index (χ0n) is 22.8. The van der Waals surface area contributed by atoms with Crippen molar-refractivity contribution in [3.8, 4) is 5.69 Å². The molecule has 1 aromatic heterocycles. The van der Waals surface area contributed by atoms with Crippen LogP contribution in [0.4, 0.5) is 10.5 Å². The Morgan fingerprint density at radius 2 is 1.54 bits per heavy atom. The van der Waals surface area contributed by atoms with Gasteiger partial charge in [0.2, 0.25) is 0 Å². The molecule has 39 heavy (non-hydrogen) atoms. The van der Waals surface area contributed by atoms with Crippen LogP contribution in [0.2, 0.25) is 5.02 Å². The normalized spacial score (nSPS) is 16.9. The molecule has 3 heterocycles. The molecule has 2 amide bonds. The summed E-state index contributed by atoms with van der Waals surface area (Å²) >= 11 is 6.32. The van der Waals surface area contributed by atoms with Gasteiger partial charge in [-0.1, -0.05) is 35.9 Å². The van der Waals surface area contributed by atoms with Crippen LogP contribution in [-0.4, -0.2) is 76.5 Å². The Balaban J connectivity index is 1.36. The molecule has 206 valence electrons. The van der Waals surface area contributed by atoms with Gasteiger partial charge in [-0.3, -0.25) is 4.79 Å². The fourth-order valence-corrected chi connectivity index (χ4v) is 5.55. The van der Waals surface area contributed by atoms with Crippen molar-refractivity contribution in [3.05, 3.63) is 77.1 Å². The molecule has 0 spiro atoms. The van der Waals surface area contributed by atoms with E-state index in [0.29, 0.717) is 49.6 Å². The number of hydrogen-bond donors (Lipinski definition) is 0. The molecule has 2 aromatic carbocycles. The van der Waals surface area contributed by atoms with Gasteiger partial charge in [-0.25, -0.2) is 9.48 Å². The molecule has 0 unspecified atom stereocenters. The minimum Gasteiger partial charge on any atom is -0.444 e. The Labute approximate surface area is 235 Å². The van der Waals surface area contributed by atoms with E-state index >= 15 is 0 Å². The lowest BCUT2D eigenvalue weighted by Crippen LogP contribution is -2.49. The highest BCUT2D eigenvalue weighted by Gasteiger charge is 2.34. The summed E-state index contributed by atoms with van der Waals surface area (Å²) < 4.78 is 7.44.